The van der Waals surface area contributed by atoms with Gasteiger partial charge in [-0.15, -0.1) is 24.0 Å². The van der Waals surface area contributed by atoms with E-state index in [0.717, 1.165) is 45.2 Å². The predicted octanol–water partition coefficient (Wildman–Crippen LogP) is 3.03. The minimum absolute atomic E-state index is 0. The molecule has 0 spiro atoms. The van der Waals surface area contributed by atoms with Gasteiger partial charge in [0.15, 0.2) is 5.96 Å². The topological polar surface area (TPSA) is 30.9 Å². The maximum absolute atomic E-state index is 4.58. The number of benzene rings is 1. The van der Waals surface area contributed by atoms with E-state index < -0.39 is 0 Å². The Bertz CT molecular complexity index is 493. The maximum Gasteiger partial charge on any atom is 0.194 e. The fourth-order valence-corrected chi connectivity index (χ4v) is 2.81. The Hall–Kier alpha value is -0.980. The second kappa shape index (κ2) is 9.22. The number of anilines is 1. The molecule has 1 fully saturated rings. The van der Waals surface area contributed by atoms with E-state index in [2.05, 4.69) is 66.0 Å². The first-order valence-corrected chi connectivity index (χ1v) is 8.01. The molecule has 5 heteroatoms. The van der Waals surface area contributed by atoms with Crippen LogP contribution in [0.1, 0.15) is 25.0 Å². The average molecular weight is 416 g/mol. The normalized spacial score (nSPS) is 15.5. The van der Waals surface area contributed by atoms with Gasteiger partial charge in [-0.2, -0.15) is 0 Å². The van der Waals surface area contributed by atoms with Gasteiger partial charge in [0.05, 0.1) is 0 Å². The second-order valence-corrected chi connectivity index (χ2v) is 5.52. The monoisotopic (exact) mass is 416 g/mol. The Morgan fingerprint density at radius 1 is 1.14 bits per heavy atom. The Morgan fingerprint density at radius 3 is 2.41 bits per heavy atom. The van der Waals surface area contributed by atoms with E-state index >= 15 is 0 Å². The Morgan fingerprint density at radius 2 is 1.82 bits per heavy atom. The smallest absolute Gasteiger partial charge is 0.194 e. The standard InChI is InChI=1S/C17H28N4.HI/c1-5-18-17(19-6-2)21-12-10-20(11-13-21)16-9-7-8-14(3)15(16)4;/h7-9H,5-6,10-13H2,1-4H3,(H,18,19);1H. The molecule has 0 aromatic heterocycles. The van der Waals surface area contributed by atoms with Crippen LogP contribution in [0.4, 0.5) is 5.69 Å². The molecule has 0 aliphatic carbocycles. The van der Waals surface area contributed by atoms with E-state index in [-0.39, 0.29) is 24.0 Å². The van der Waals surface area contributed by atoms with E-state index in [0.29, 0.717) is 0 Å². The predicted molar refractivity (Wildman–Crippen MR) is 107 cm³/mol. The van der Waals surface area contributed by atoms with Gasteiger partial charge in [0.2, 0.25) is 0 Å². The largest absolute Gasteiger partial charge is 0.368 e. The molecule has 1 saturated heterocycles. The quantitative estimate of drug-likeness (QED) is 0.467. The molecule has 0 radical (unpaired) electrons. The second-order valence-electron chi connectivity index (χ2n) is 5.52. The SMILES string of the molecule is CCN=C(NCC)N1CCN(c2cccc(C)c2C)CC1.I. The third-order valence-corrected chi connectivity index (χ3v) is 4.14. The lowest BCUT2D eigenvalue weighted by atomic mass is 10.1. The number of piperazine rings is 1. The van der Waals surface area contributed by atoms with Crippen LogP contribution >= 0.6 is 24.0 Å². The summed E-state index contributed by atoms with van der Waals surface area (Å²) in [5.74, 6) is 1.06. The van der Waals surface area contributed by atoms with Gasteiger partial charge in [-0.25, -0.2) is 0 Å². The first kappa shape index (κ1) is 19.1. The Kier molecular flexibility index (Phi) is 8.00. The first-order valence-electron chi connectivity index (χ1n) is 8.01. The van der Waals surface area contributed by atoms with Gasteiger partial charge in [0, 0.05) is 45.0 Å². The third kappa shape index (κ3) is 4.51. The lowest BCUT2D eigenvalue weighted by molar-refractivity contribution is 0.372. The molecule has 1 aliphatic rings. The van der Waals surface area contributed by atoms with Crippen molar-refractivity contribution in [2.45, 2.75) is 27.7 Å². The van der Waals surface area contributed by atoms with Gasteiger partial charge in [-0.1, -0.05) is 12.1 Å². The minimum atomic E-state index is 0. The fraction of sp³-hybridized carbons (Fsp3) is 0.588. The zero-order chi connectivity index (χ0) is 15.2. The number of aliphatic imine (C=N–C) groups is 1. The molecule has 1 aromatic carbocycles. The van der Waals surface area contributed by atoms with Gasteiger partial charge in [0.25, 0.3) is 0 Å². The van der Waals surface area contributed by atoms with Crippen molar-refractivity contribution in [2.75, 3.05) is 44.2 Å². The molecule has 0 saturated carbocycles. The van der Waals surface area contributed by atoms with Crippen molar-refractivity contribution in [3.63, 3.8) is 0 Å². The molecule has 1 aromatic rings. The zero-order valence-electron chi connectivity index (χ0n) is 14.2. The van der Waals surface area contributed by atoms with Crippen molar-refractivity contribution in [1.29, 1.82) is 0 Å². The molecule has 0 amide bonds. The summed E-state index contributed by atoms with van der Waals surface area (Å²) in [6.07, 6.45) is 0. The van der Waals surface area contributed by atoms with Crippen molar-refractivity contribution < 1.29 is 0 Å². The van der Waals surface area contributed by atoms with Crippen LogP contribution in [0, 0.1) is 13.8 Å². The number of hydrogen-bond acceptors (Lipinski definition) is 2. The summed E-state index contributed by atoms with van der Waals surface area (Å²) in [5, 5.41) is 3.39. The van der Waals surface area contributed by atoms with Crippen LogP contribution in [0.15, 0.2) is 23.2 Å². The first-order chi connectivity index (χ1) is 10.2. The van der Waals surface area contributed by atoms with Crippen molar-refractivity contribution in [3.05, 3.63) is 29.3 Å². The third-order valence-electron chi connectivity index (χ3n) is 4.14. The lowest BCUT2D eigenvalue weighted by Crippen LogP contribution is -2.52. The fourth-order valence-electron chi connectivity index (χ4n) is 2.81. The summed E-state index contributed by atoms with van der Waals surface area (Å²) in [6, 6.07) is 6.59. The summed E-state index contributed by atoms with van der Waals surface area (Å²) in [5.41, 5.74) is 4.16. The number of hydrogen-bond donors (Lipinski definition) is 1. The van der Waals surface area contributed by atoms with Crippen LogP contribution < -0.4 is 10.2 Å². The highest BCUT2D eigenvalue weighted by atomic mass is 127. The number of nitrogens with zero attached hydrogens (tertiary/aromatic N) is 3. The number of guanidine groups is 1. The van der Waals surface area contributed by atoms with Crippen LogP contribution in [0.3, 0.4) is 0 Å². The van der Waals surface area contributed by atoms with E-state index in [9.17, 15) is 0 Å². The van der Waals surface area contributed by atoms with E-state index in [1.165, 1.54) is 16.8 Å². The van der Waals surface area contributed by atoms with Gasteiger partial charge >= 0.3 is 0 Å². The summed E-state index contributed by atoms with van der Waals surface area (Å²) in [6.45, 7) is 14.5. The molecule has 0 bridgehead atoms. The maximum atomic E-state index is 4.58. The highest BCUT2D eigenvalue weighted by Crippen LogP contribution is 2.23. The van der Waals surface area contributed by atoms with Gasteiger partial charge < -0.3 is 15.1 Å². The van der Waals surface area contributed by atoms with Crippen LogP contribution in [-0.4, -0.2) is 50.1 Å². The number of halogens is 1. The van der Waals surface area contributed by atoms with Gasteiger partial charge in [-0.05, 0) is 44.9 Å². The highest BCUT2D eigenvalue weighted by Gasteiger charge is 2.20. The van der Waals surface area contributed by atoms with Crippen molar-refractivity contribution >= 4 is 35.6 Å². The Labute approximate surface area is 152 Å². The number of aryl methyl sites for hydroxylation is 1. The minimum Gasteiger partial charge on any atom is -0.368 e. The van der Waals surface area contributed by atoms with Crippen molar-refractivity contribution in [1.82, 2.24) is 10.2 Å². The molecule has 124 valence electrons. The van der Waals surface area contributed by atoms with Gasteiger partial charge in [-0.3, -0.25) is 4.99 Å². The van der Waals surface area contributed by atoms with Crippen molar-refractivity contribution in [2.24, 2.45) is 4.99 Å². The lowest BCUT2D eigenvalue weighted by Gasteiger charge is -2.38. The van der Waals surface area contributed by atoms with Crippen LogP contribution in [0.5, 0.6) is 0 Å². The number of nitrogens with one attached hydrogen (secondary N) is 1. The highest BCUT2D eigenvalue weighted by molar-refractivity contribution is 14.0. The van der Waals surface area contributed by atoms with E-state index in [1.54, 1.807) is 0 Å². The molecular weight excluding hydrogens is 387 g/mol. The summed E-state index contributed by atoms with van der Waals surface area (Å²) >= 11 is 0. The molecular formula is C17H29IN4. The molecule has 2 rings (SSSR count). The van der Waals surface area contributed by atoms with Crippen LogP contribution in [0.2, 0.25) is 0 Å². The molecule has 22 heavy (non-hydrogen) atoms. The van der Waals surface area contributed by atoms with Crippen LogP contribution in [0.25, 0.3) is 0 Å². The zero-order valence-corrected chi connectivity index (χ0v) is 16.6. The molecule has 4 nitrogen and oxygen atoms in total. The molecule has 0 atom stereocenters. The average Bonchev–Trinajstić information content (AvgIpc) is 2.50. The van der Waals surface area contributed by atoms with E-state index in [4.69, 9.17) is 0 Å². The molecule has 1 heterocycles. The Balaban J connectivity index is 0.00000242. The molecule has 1 aliphatic heterocycles. The number of rotatable bonds is 3. The summed E-state index contributed by atoms with van der Waals surface area (Å²) in [4.78, 5) is 9.44. The molecule has 0 unspecified atom stereocenters. The van der Waals surface area contributed by atoms with E-state index in [1.807, 2.05) is 0 Å². The summed E-state index contributed by atoms with van der Waals surface area (Å²) < 4.78 is 0. The molecule has 1 N–H and O–H groups in total. The summed E-state index contributed by atoms with van der Waals surface area (Å²) in [7, 11) is 0. The van der Waals surface area contributed by atoms with Crippen molar-refractivity contribution in [3.8, 4) is 0 Å². The van der Waals surface area contributed by atoms with Gasteiger partial charge in [0.1, 0.15) is 0 Å². The van der Waals surface area contributed by atoms with Crippen LogP contribution in [-0.2, 0) is 0 Å².